The number of nitro groups is 2. The third kappa shape index (κ3) is 4.21. The van der Waals surface area contributed by atoms with Crippen molar-refractivity contribution in [3.63, 3.8) is 0 Å². The lowest BCUT2D eigenvalue weighted by atomic mass is 10.2. The molecule has 114 valence electrons. The maximum atomic E-state index is 10.9. The Morgan fingerprint density at radius 1 is 1.09 bits per heavy atom. The minimum absolute atomic E-state index is 0. The molecule has 0 saturated heterocycles. The molecule has 0 unspecified atom stereocenters. The van der Waals surface area contributed by atoms with E-state index in [1.165, 1.54) is 12.3 Å². The molecular formula is C12H10ClN5O4. The number of anilines is 1. The number of aromatic nitrogens is 1. The standard InChI is InChI=1S/C12H9N5O4.ClH/c18-16(19)10-1-2-11(12(7-10)17(20)21)15-14-8-9-3-5-13-6-4-9;/h1-8,15H;1H/b14-8-;. The zero-order chi connectivity index (χ0) is 15.2. The first-order valence-corrected chi connectivity index (χ1v) is 5.70. The largest absolute Gasteiger partial charge is 0.301 e. The van der Waals surface area contributed by atoms with Gasteiger partial charge in [0.25, 0.3) is 5.69 Å². The van der Waals surface area contributed by atoms with E-state index >= 15 is 0 Å². The second kappa shape index (κ2) is 7.64. The molecule has 0 spiro atoms. The minimum atomic E-state index is -0.711. The van der Waals surface area contributed by atoms with Crippen LogP contribution in [0, 0.1) is 20.2 Å². The molecule has 9 nitrogen and oxygen atoms in total. The summed E-state index contributed by atoms with van der Waals surface area (Å²) < 4.78 is 0. The van der Waals surface area contributed by atoms with Gasteiger partial charge in [0.1, 0.15) is 5.69 Å². The van der Waals surface area contributed by atoms with Crippen molar-refractivity contribution in [1.29, 1.82) is 0 Å². The van der Waals surface area contributed by atoms with E-state index in [0.717, 1.165) is 17.7 Å². The Kier molecular flexibility index (Phi) is 5.90. The molecule has 0 atom stereocenters. The molecule has 0 bridgehead atoms. The zero-order valence-corrected chi connectivity index (χ0v) is 11.8. The van der Waals surface area contributed by atoms with Crippen molar-refractivity contribution in [3.8, 4) is 0 Å². The van der Waals surface area contributed by atoms with Gasteiger partial charge in [0.15, 0.2) is 0 Å². The number of rotatable bonds is 5. The summed E-state index contributed by atoms with van der Waals surface area (Å²) >= 11 is 0. The Hall–Kier alpha value is -3.07. The summed E-state index contributed by atoms with van der Waals surface area (Å²) in [6, 6.07) is 6.69. The maximum Gasteiger partial charge on any atom is 0.301 e. The molecule has 0 fully saturated rings. The van der Waals surface area contributed by atoms with Crippen LogP contribution in [-0.2, 0) is 0 Å². The SMILES string of the molecule is Cl.O=[N+]([O-])c1ccc(N/N=C\c2ccncc2)c([N+](=O)[O-])c1. The number of non-ortho nitro benzene ring substituents is 1. The van der Waals surface area contributed by atoms with Crippen molar-refractivity contribution in [3.05, 3.63) is 68.5 Å². The van der Waals surface area contributed by atoms with Crippen molar-refractivity contribution in [2.45, 2.75) is 0 Å². The molecule has 0 amide bonds. The van der Waals surface area contributed by atoms with Crippen LogP contribution in [0.25, 0.3) is 0 Å². The second-order valence-electron chi connectivity index (χ2n) is 3.87. The van der Waals surface area contributed by atoms with Crippen LogP contribution in [0.2, 0.25) is 0 Å². The third-order valence-corrected chi connectivity index (χ3v) is 2.49. The summed E-state index contributed by atoms with van der Waals surface area (Å²) in [6.45, 7) is 0. The van der Waals surface area contributed by atoms with Gasteiger partial charge >= 0.3 is 5.69 Å². The van der Waals surface area contributed by atoms with E-state index in [4.69, 9.17) is 0 Å². The van der Waals surface area contributed by atoms with Crippen molar-refractivity contribution in [1.82, 2.24) is 4.98 Å². The molecule has 0 aliphatic carbocycles. The van der Waals surface area contributed by atoms with Gasteiger partial charge in [0.05, 0.1) is 22.1 Å². The average molecular weight is 324 g/mol. The van der Waals surface area contributed by atoms with Crippen molar-refractivity contribution in [2.24, 2.45) is 5.10 Å². The van der Waals surface area contributed by atoms with Crippen LogP contribution in [0.3, 0.4) is 0 Å². The van der Waals surface area contributed by atoms with Crippen LogP contribution in [0.5, 0.6) is 0 Å². The van der Waals surface area contributed by atoms with Crippen LogP contribution in [0.1, 0.15) is 5.56 Å². The Labute approximate surface area is 130 Å². The van der Waals surface area contributed by atoms with E-state index in [9.17, 15) is 20.2 Å². The summed E-state index contributed by atoms with van der Waals surface area (Å²) in [4.78, 5) is 24.0. The quantitative estimate of drug-likeness (QED) is 0.512. The summed E-state index contributed by atoms with van der Waals surface area (Å²) in [5, 5.41) is 25.4. The maximum absolute atomic E-state index is 10.9. The summed E-state index contributed by atoms with van der Waals surface area (Å²) in [5.41, 5.74) is 2.54. The predicted octanol–water partition coefficient (Wildman–Crippen LogP) is 2.77. The molecule has 1 heterocycles. The van der Waals surface area contributed by atoms with E-state index in [2.05, 4.69) is 15.5 Å². The minimum Gasteiger partial charge on any atom is -0.272 e. The fourth-order valence-electron chi connectivity index (χ4n) is 1.51. The molecule has 0 aliphatic heterocycles. The number of hydrazone groups is 1. The second-order valence-corrected chi connectivity index (χ2v) is 3.87. The number of halogens is 1. The van der Waals surface area contributed by atoms with E-state index in [0.29, 0.717) is 0 Å². The van der Waals surface area contributed by atoms with Gasteiger partial charge < -0.3 is 0 Å². The zero-order valence-electron chi connectivity index (χ0n) is 10.9. The van der Waals surface area contributed by atoms with Crippen molar-refractivity contribution in [2.75, 3.05) is 5.43 Å². The van der Waals surface area contributed by atoms with Crippen molar-refractivity contribution < 1.29 is 9.85 Å². The lowest BCUT2D eigenvalue weighted by Crippen LogP contribution is -1.98. The molecule has 1 N–H and O–H groups in total. The van der Waals surface area contributed by atoms with Crippen LogP contribution in [-0.4, -0.2) is 21.0 Å². The Morgan fingerprint density at radius 3 is 2.36 bits per heavy atom. The highest BCUT2D eigenvalue weighted by Crippen LogP contribution is 2.28. The molecule has 2 aromatic rings. The number of nitrogens with one attached hydrogen (secondary N) is 1. The highest BCUT2D eigenvalue weighted by atomic mass is 35.5. The van der Waals surface area contributed by atoms with Gasteiger partial charge in [-0.1, -0.05) is 0 Å². The topological polar surface area (TPSA) is 124 Å². The normalized spacial score (nSPS) is 10.0. The first-order chi connectivity index (χ1) is 10.1. The van der Waals surface area contributed by atoms with Gasteiger partial charge in [-0.3, -0.25) is 30.6 Å². The van der Waals surface area contributed by atoms with Gasteiger partial charge in [-0.15, -0.1) is 12.4 Å². The van der Waals surface area contributed by atoms with Crippen LogP contribution >= 0.6 is 12.4 Å². The van der Waals surface area contributed by atoms with E-state index in [1.807, 2.05) is 0 Å². The van der Waals surface area contributed by atoms with E-state index < -0.39 is 15.5 Å². The number of nitro benzene ring substituents is 2. The fourth-order valence-corrected chi connectivity index (χ4v) is 1.51. The molecule has 2 rings (SSSR count). The van der Waals surface area contributed by atoms with E-state index in [1.54, 1.807) is 24.5 Å². The van der Waals surface area contributed by atoms with Gasteiger partial charge in [-0.05, 0) is 23.8 Å². The van der Waals surface area contributed by atoms with Gasteiger partial charge in [-0.2, -0.15) is 5.10 Å². The van der Waals surface area contributed by atoms with Crippen LogP contribution < -0.4 is 5.43 Å². The third-order valence-electron chi connectivity index (χ3n) is 2.49. The smallest absolute Gasteiger partial charge is 0.272 e. The van der Waals surface area contributed by atoms with Gasteiger partial charge in [0.2, 0.25) is 0 Å². The Bertz CT molecular complexity index is 708. The summed E-state index contributed by atoms with van der Waals surface area (Å²) in [7, 11) is 0. The number of nitrogens with zero attached hydrogens (tertiary/aromatic N) is 4. The van der Waals surface area contributed by atoms with Crippen LogP contribution in [0.15, 0.2) is 47.8 Å². The molecule has 10 heteroatoms. The summed E-state index contributed by atoms with van der Waals surface area (Å²) in [6.07, 6.45) is 4.61. The molecule has 0 aliphatic rings. The number of hydrogen-bond donors (Lipinski definition) is 1. The molecule has 0 radical (unpaired) electrons. The highest BCUT2D eigenvalue weighted by Gasteiger charge is 2.18. The molecule has 1 aromatic carbocycles. The fraction of sp³-hybridized carbons (Fsp3) is 0. The van der Waals surface area contributed by atoms with Crippen LogP contribution in [0.4, 0.5) is 17.1 Å². The number of pyridine rings is 1. The Balaban J connectivity index is 0.00000242. The first-order valence-electron chi connectivity index (χ1n) is 5.70. The van der Waals surface area contributed by atoms with Gasteiger partial charge in [0, 0.05) is 18.5 Å². The number of hydrogen-bond acceptors (Lipinski definition) is 7. The van der Waals surface area contributed by atoms with E-state index in [-0.39, 0.29) is 23.8 Å². The summed E-state index contributed by atoms with van der Waals surface area (Å²) in [5.74, 6) is 0. The first kappa shape index (κ1) is 17.0. The van der Waals surface area contributed by atoms with Crippen molar-refractivity contribution >= 4 is 35.7 Å². The average Bonchev–Trinajstić information content (AvgIpc) is 2.48. The Morgan fingerprint density at radius 2 is 1.77 bits per heavy atom. The molecular weight excluding hydrogens is 314 g/mol. The number of benzene rings is 1. The molecule has 0 saturated carbocycles. The monoisotopic (exact) mass is 323 g/mol. The highest BCUT2D eigenvalue weighted by molar-refractivity contribution is 5.85. The molecule has 22 heavy (non-hydrogen) atoms. The molecule has 1 aromatic heterocycles. The predicted molar refractivity (Wildman–Crippen MR) is 82.5 cm³/mol. The lowest BCUT2D eigenvalue weighted by molar-refractivity contribution is -0.393. The van der Waals surface area contributed by atoms with Gasteiger partial charge in [-0.25, -0.2) is 0 Å². The lowest BCUT2D eigenvalue weighted by Gasteiger charge is -2.01.